The highest BCUT2D eigenvalue weighted by Crippen LogP contribution is 2.30. The van der Waals surface area contributed by atoms with E-state index in [2.05, 4.69) is 32.1 Å². The van der Waals surface area contributed by atoms with Crippen LogP contribution in [0.15, 0.2) is 59.3 Å². The number of carbonyl (C=O) groups excluding carboxylic acids is 1. The van der Waals surface area contributed by atoms with Crippen molar-refractivity contribution in [1.29, 1.82) is 0 Å². The minimum Gasteiger partial charge on any atom is -0.423 e. The molecule has 0 aliphatic carbocycles. The molecule has 0 unspecified atom stereocenters. The first-order chi connectivity index (χ1) is 15.6. The standard InChI is InChI=1S/C24H25N5O2S/c1-28-13-9-18(10-14-28)29(2)24-27-19-15-17(3-4-20(19)31-24)26-23(30)22-6-5-21(32-22)16-7-11-25-12-8-16/h3-8,11-12,15,18H,9-10,13-14H2,1-2H3,(H,26,30). The molecule has 0 radical (unpaired) electrons. The first kappa shape index (κ1) is 20.7. The number of benzene rings is 1. The average Bonchev–Trinajstić information content (AvgIpc) is 3.47. The Labute approximate surface area is 190 Å². The van der Waals surface area contributed by atoms with Crippen molar-refractivity contribution in [3.05, 3.63) is 59.7 Å². The summed E-state index contributed by atoms with van der Waals surface area (Å²) in [4.78, 5) is 27.7. The normalized spacial score (nSPS) is 15.2. The molecule has 5 rings (SSSR count). The number of anilines is 2. The number of carbonyl (C=O) groups is 1. The number of nitrogens with one attached hydrogen (secondary N) is 1. The van der Waals surface area contributed by atoms with Crippen LogP contribution in [0.4, 0.5) is 11.7 Å². The third-order valence-electron chi connectivity index (χ3n) is 5.97. The predicted octanol–water partition coefficient (Wildman–Crippen LogP) is 4.73. The zero-order chi connectivity index (χ0) is 22.1. The third kappa shape index (κ3) is 4.24. The average molecular weight is 448 g/mol. The molecule has 1 saturated heterocycles. The van der Waals surface area contributed by atoms with Crippen LogP contribution in [0.3, 0.4) is 0 Å². The zero-order valence-corrected chi connectivity index (χ0v) is 18.9. The second-order valence-electron chi connectivity index (χ2n) is 8.18. The number of fused-ring (bicyclic) bond motifs is 1. The number of piperidine rings is 1. The lowest BCUT2D eigenvalue weighted by Gasteiger charge is -2.34. The molecule has 1 N–H and O–H groups in total. The summed E-state index contributed by atoms with van der Waals surface area (Å²) in [6.07, 6.45) is 5.69. The van der Waals surface area contributed by atoms with E-state index in [1.807, 2.05) is 49.5 Å². The molecule has 0 spiro atoms. The molecule has 7 nitrogen and oxygen atoms in total. The van der Waals surface area contributed by atoms with Crippen molar-refractivity contribution >= 4 is 40.0 Å². The Morgan fingerprint density at radius 2 is 1.94 bits per heavy atom. The van der Waals surface area contributed by atoms with Crippen LogP contribution in [0, 0.1) is 0 Å². The third-order valence-corrected chi connectivity index (χ3v) is 7.10. The van der Waals surface area contributed by atoms with E-state index in [9.17, 15) is 4.79 Å². The molecule has 1 aliphatic heterocycles. The van der Waals surface area contributed by atoms with Gasteiger partial charge < -0.3 is 19.5 Å². The van der Waals surface area contributed by atoms with Crippen LogP contribution in [0.5, 0.6) is 0 Å². The van der Waals surface area contributed by atoms with Gasteiger partial charge in [-0.25, -0.2) is 0 Å². The molecule has 1 aromatic carbocycles. The first-order valence-corrected chi connectivity index (χ1v) is 11.5. The van der Waals surface area contributed by atoms with E-state index in [1.165, 1.54) is 11.3 Å². The summed E-state index contributed by atoms with van der Waals surface area (Å²) in [6, 6.07) is 14.3. The fourth-order valence-corrected chi connectivity index (χ4v) is 4.91. The van der Waals surface area contributed by atoms with Gasteiger partial charge in [-0.3, -0.25) is 9.78 Å². The highest BCUT2D eigenvalue weighted by Gasteiger charge is 2.24. The number of hydrogen-bond donors (Lipinski definition) is 1. The molecule has 0 saturated carbocycles. The maximum atomic E-state index is 12.8. The molecule has 0 atom stereocenters. The number of thiophene rings is 1. The molecule has 4 aromatic rings. The van der Waals surface area contributed by atoms with Gasteiger partial charge in [0.15, 0.2) is 5.58 Å². The summed E-state index contributed by atoms with van der Waals surface area (Å²) < 4.78 is 5.99. The van der Waals surface area contributed by atoms with Gasteiger partial charge in [0, 0.05) is 36.0 Å². The summed E-state index contributed by atoms with van der Waals surface area (Å²) in [5.74, 6) is -0.137. The number of pyridine rings is 1. The summed E-state index contributed by atoms with van der Waals surface area (Å²) in [5, 5.41) is 2.98. The van der Waals surface area contributed by atoms with Crippen molar-refractivity contribution in [1.82, 2.24) is 14.9 Å². The van der Waals surface area contributed by atoms with E-state index in [1.54, 1.807) is 12.4 Å². The fraction of sp³-hybridized carbons (Fsp3) is 0.292. The number of rotatable bonds is 5. The Morgan fingerprint density at radius 1 is 1.16 bits per heavy atom. The molecule has 3 aromatic heterocycles. The van der Waals surface area contributed by atoms with Crippen molar-refractivity contribution in [2.24, 2.45) is 0 Å². The number of oxazole rings is 1. The van der Waals surface area contributed by atoms with Crippen LogP contribution in [0.25, 0.3) is 21.5 Å². The van der Waals surface area contributed by atoms with Gasteiger partial charge in [-0.1, -0.05) is 0 Å². The number of aromatic nitrogens is 2. The Hall–Kier alpha value is -3.23. The monoisotopic (exact) mass is 447 g/mol. The van der Waals surface area contributed by atoms with Crippen molar-refractivity contribution in [3.8, 4) is 10.4 Å². The van der Waals surface area contributed by atoms with E-state index in [-0.39, 0.29) is 5.91 Å². The first-order valence-electron chi connectivity index (χ1n) is 10.7. The van der Waals surface area contributed by atoms with Gasteiger partial charge in [-0.2, -0.15) is 4.98 Å². The van der Waals surface area contributed by atoms with Gasteiger partial charge in [-0.15, -0.1) is 11.3 Å². The second kappa shape index (κ2) is 8.72. The van der Waals surface area contributed by atoms with Crippen LogP contribution in [0.1, 0.15) is 22.5 Å². The lowest BCUT2D eigenvalue weighted by molar-refractivity contribution is 0.103. The number of nitrogens with zero attached hydrogens (tertiary/aromatic N) is 4. The van der Waals surface area contributed by atoms with Gasteiger partial charge in [0.05, 0.1) is 4.88 Å². The zero-order valence-electron chi connectivity index (χ0n) is 18.1. The van der Waals surface area contributed by atoms with Crippen molar-refractivity contribution < 1.29 is 9.21 Å². The molecule has 32 heavy (non-hydrogen) atoms. The maximum absolute atomic E-state index is 12.8. The van der Waals surface area contributed by atoms with Crippen molar-refractivity contribution in [3.63, 3.8) is 0 Å². The number of amides is 1. The largest absolute Gasteiger partial charge is 0.423 e. The van der Waals surface area contributed by atoms with Crippen LogP contribution in [-0.4, -0.2) is 54.0 Å². The summed E-state index contributed by atoms with van der Waals surface area (Å²) in [6.45, 7) is 2.16. The van der Waals surface area contributed by atoms with E-state index in [0.29, 0.717) is 28.2 Å². The van der Waals surface area contributed by atoms with Crippen LogP contribution >= 0.6 is 11.3 Å². The minimum absolute atomic E-state index is 0.137. The molecule has 1 amide bonds. The second-order valence-corrected chi connectivity index (χ2v) is 9.26. The summed E-state index contributed by atoms with van der Waals surface area (Å²) >= 11 is 1.46. The highest BCUT2D eigenvalue weighted by molar-refractivity contribution is 7.17. The number of hydrogen-bond acceptors (Lipinski definition) is 7. The molecule has 0 bridgehead atoms. The Kier molecular flexibility index (Phi) is 5.63. The Morgan fingerprint density at radius 3 is 2.72 bits per heavy atom. The Balaban J connectivity index is 1.30. The lowest BCUT2D eigenvalue weighted by atomic mass is 10.0. The Bertz CT molecular complexity index is 1230. The molecule has 4 heterocycles. The van der Waals surface area contributed by atoms with E-state index in [0.717, 1.165) is 41.9 Å². The molecular weight excluding hydrogens is 422 g/mol. The molecular formula is C24H25N5O2S. The van der Waals surface area contributed by atoms with Gasteiger partial charge in [0.2, 0.25) is 0 Å². The highest BCUT2D eigenvalue weighted by atomic mass is 32.1. The van der Waals surface area contributed by atoms with Gasteiger partial charge in [0.25, 0.3) is 11.9 Å². The maximum Gasteiger partial charge on any atom is 0.298 e. The van der Waals surface area contributed by atoms with Gasteiger partial charge >= 0.3 is 0 Å². The predicted molar refractivity (Wildman–Crippen MR) is 128 cm³/mol. The van der Waals surface area contributed by atoms with Crippen LogP contribution < -0.4 is 10.2 Å². The van der Waals surface area contributed by atoms with Gasteiger partial charge in [-0.05, 0) is 81.0 Å². The smallest absolute Gasteiger partial charge is 0.298 e. The van der Waals surface area contributed by atoms with Crippen molar-refractivity contribution in [2.75, 3.05) is 37.4 Å². The van der Waals surface area contributed by atoms with E-state index in [4.69, 9.17) is 4.42 Å². The molecule has 1 fully saturated rings. The van der Waals surface area contributed by atoms with Crippen LogP contribution in [0.2, 0.25) is 0 Å². The quantitative estimate of drug-likeness (QED) is 0.477. The fourth-order valence-electron chi connectivity index (χ4n) is 4.01. The lowest BCUT2D eigenvalue weighted by Crippen LogP contribution is -2.42. The van der Waals surface area contributed by atoms with Crippen LogP contribution in [-0.2, 0) is 0 Å². The van der Waals surface area contributed by atoms with E-state index >= 15 is 0 Å². The van der Waals surface area contributed by atoms with E-state index < -0.39 is 0 Å². The molecule has 1 aliphatic rings. The van der Waals surface area contributed by atoms with Gasteiger partial charge in [0.1, 0.15) is 5.52 Å². The number of likely N-dealkylation sites (tertiary alicyclic amines) is 1. The molecule has 164 valence electrons. The minimum atomic E-state index is -0.137. The summed E-state index contributed by atoms with van der Waals surface area (Å²) in [5.41, 5.74) is 3.20. The topological polar surface area (TPSA) is 74.5 Å². The molecule has 8 heteroatoms. The summed E-state index contributed by atoms with van der Waals surface area (Å²) in [7, 11) is 4.20. The SMILES string of the molecule is CN1CCC(N(C)c2nc3cc(NC(=O)c4ccc(-c5ccncc5)s4)ccc3o2)CC1. The van der Waals surface area contributed by atoms with Crippen molar-refractivity contribution in [2.45, 2.75) is 18.9 Å².